The van der Waals surface area contributed by atoms with Crippen molar-refractivity contribution >= 4 is 22.4 Å². The van der Waals surface area contributed by atoms with Crippen molar-refractivity contribution in [1.82, 2.24) is 20.3 Å². The number of hydrogen-bond acceptors (Lipinski definition) is 7. The number of nitrogens with zero attached hydrogens (tertiary/aromatic N) is 4. The molecule has 0 bridgehead atoms. The summed E-state index contributed by atoms with van der Waals surface area (Å²) < 4.78 is 5.16. The number of aryl methyl sites for hydroxylation is 2. The maximum atomic E-state index is 11.8. The first-order chi connectivity index (χ1) is 10.7. The smallest absolute Gasteiger partial charge is 0.227 e. The number of anilines is 1. The van der Waals surface area contributed by atoms with Crippen LogP contribution < -0.4 is 5.32 Å². The summed E-state index contributed by atoms with van der Waals surface area (Å²) in [5.41, 5.74) is 0.881. The molecule has 7 nitrogen and oxygen atoms in total. The predicted octanol–water partition coefficient (Wildman–Crippen LogP) is 2.47. The fraction of sp³-hybridized carbons (Fsp3) is 0.214. The lowest BCUT2D eigenvalue weighted by atomic mass is 10.2. The molecule has 0 aliphatic carbocycles. The Hall–Kier alpha value is -2.61. The first kappa shape index (κ1) is 14.3. The SMILES string of the molecule is Cc1nnc(NC(=O)CCc2nc(-c3ccccc3)no2)s1. The van der Waals surface area contributed by atoms with Crippen LogP contribution in [0.5, 0.6) is 0 Å². The molecule has 2 heterocycles. The molecule has 112 valence electrons. The van der Waals surface area contributed by atoms with Gasteiger partial charge < -0.3 is 9.84 Å². The number of hydrogen-bond donors (Lipinski definition) is 1. The van der Waals surface area contributed by atoms with Gasteiger partial charge in [0, 0.05) is 18.4 Å². The highest BCUT2D eigenvalue weighted by Crippen LogP contribution is 2.16. The van der Waals surface area contributed by atoms with Gasteiger partial charge >= 0.3 is 0 Å². The minimum Gasteiger partial charge on any atom is -0.339 e. The first-order valence-electron chi connectivity index (χ1n) is 6.68. The van der Waals surface area contributed by atoms with Gasteiger partial charge in [-0.3, -0.25) is 4.79 Å². The van der Waals surface area contributed by atoms with Crippen LogP contribution in [-0.4, -0.2) is 26.2 Å². The maximum absolute atomic E-state index is 11.8. The highest BCUT2D eigenvalue weighted by atomic mass is 32.1. The Bertz CT molecular complexity index is 768. The molecule has 1 N–H and O–H groups in total. The minimum absolute atomic E-state index is 0.157. The summed E-state index contributed by atoms with van der Waals surface area (Å²) in [6, 6.07) is 9.54. The Labute approximate surface area is 130 Å². The second kappa shape index (κ2) is 6.44. The molecule has 0 aliphatic rings. The average Bonchev–Trinajstić information content (AvgIpc) is 3.15. The van der Waals surface area contributed by atoms with Crippen molar-refractivity contribution in [2.75, 3.05) is 5.32 Å². The second-order valence-corrected chi connectivity index (χ2v) is 5.73. The molecule has 22 heavy (non-hydrogen) atoms. The summed E-state index contributed by atoms with van der Waals surface area (Å²) in [4.78, 5) is 16.1. The quantitative estimate of drug-likeness (QED) is 0.777. The van der Waals surface area contributed by atoms with Crippen molar-refractivity contribution in [3.8, 4) is 11.4 Å². The normalized spacial score (nSPS) is 10.6. The fourth-order valence-corrected chi connectivity index (χ4v) is 2.42. The van der Waals surface area contributed by atoms with Gasteiger partial charge in [0.05, 0.1) is 0 Å². The highest BCUT2D eigenvalue weighted by molar-refractivity contribution is 7.15. The monoisotopic (exact) mass is 315 g/mol. The number of aromatic nitrogens is 4. The summed E-state index contributed by atoms with van der Waals surface area (Å²) in [6.07, 6.45) is 0.624. The second-order valence-electron chi connectivity index (χ2n) is 4.55. The van der Waals surface area contributed by atoms with Crippen LogP contribution in [0.15, 0.2) is 34.9 Å². The highest BCUT2D eigenvalue weighted by Gasteiger charge is 2.11. The van der Waals surface area contributed by atoms with Gasteiger partial charge in [0.1, 0.15) is 5.01 Å². The summed E-state index contributed by atoms with van der Waals surface area (Å²) in [7, 11) is 0. The molecular weight excluding hydrogens is 302 g/mol. The molecule has 2 aromatic heterocycles. The molecular formula is C14H13N5O2S. The lowest BCUT2D eigenvalue weighted by molar-refractivity contribution is -0.116. The zero-order chi connectivity index (χ0) is 15.4. The van der Waals surface area contributed by atoms with Crippen LogP contribution in [0.1, 0.15) is 17.3 Å². The number of carbonyl (C=O) groups excluding carboxylic acids is 1. The van der Waals surface area contributed by atoms with E-state index in [4.69, 9.17) is 4.52 Å². The van der Waals surface area contributed by atoms with E-state index in [9.17, 15) is 4.79 Å². The molecule has 0 spiro atoms. The third-order valence-corrected chi connectivity index (χ3v) is 3.59. The van der Waals surface area contributed by atoms with Crippen LogP contribution in [-0.2, 0) is 11.2 Å². The van der Waals surface area contributed by atoms with E-state index in [-0.39, 0.29) is 12.3 Å². The van der Waals surface area contributed by atoms with E-state index in [1.165, 1.54) is 11.3 Å². The molecule has 0 aliphatic heterocycles. The molecule has 3 aromatic rings. The summed E-state index contributed by atoms with van der Waals surface area (Å²) in [6.45, 7) is 1.83. The van der Waals surface area contributed by atoms with E-state index in [0.717, 1.165) is 10.6 Å². The maximum Gasteiger partial charge on any atom is 0.227 e. The zero-order valence-electron chi connectivity index (χ0n) is 11.8. The van der Waals surface area contributed by atoms with Crippen molar-refractivity contribution in [2.45, 2.75) is 19.8 Å². The van der Waals surface area contributed by atoms with Crippen LogP contribution in [0, 0.1) is 6.92 Å². The first-order valence-corrected chi connectivity index (χ1v) is 7.50. The van der Waals surface area contributed by atoms with Gasteiger partial charge in [0.2, 0.25) is 22.8 Å². The van der Waals surface area contributed by atoms with E-state index < -0.39 is 0 Å². The number of rotatable bonds is 5. The van der Waals surface area contributed by atoms with E-state index in [1.807, 2.05) is 37.3 Å². The number of benzene rings is 1. The van der Waals surface area contributed by atoms with Crippen molar-refractivity contribution in [3.63, 3.8) is 0 Å². The predicted molar refractivity (Wildman–Crippen MR) is 81.3 cm³/mol. The van der Waals surface area contributed by atoms with Gasteiger partial charge in [-0.1, -0.05) is 46.8 Å². The number of carbonyl (C=O) groups is 1. The molecule has 1 amide bonds. The van der Waals surface area contributed by atoms with Gasteiger partial charge in [-0.2, -0.15) is 4.98 Å². The van der Waals surface area contributed by atoms with Crippen molar-refractivity contribution in [3.05, 3.63) is 41.2 Å². The largest absolute Gasteiger partial charge is 0.339 e. The number of nitrogens with one attached hydrogen (secondary N) is 1. The Kier molecular flexibility index (Phi) is 4.19. The van der Waals surface area contributed by atoms with Crippen LogP contribution in [0.25, 0.3) is 11.4 Å². The van der Waals surface area contributed by atoms with Gasteiger partial charge in [-0.25, -0.2) is 0 Å². The molecule has 0 fully saturated rings. The molecule has 0 radical (unpaired) electrons. The summed E-state index contributed by atoms with van der Waals surface area (Å²) in [5, 5.41) is 15.6. The molecule has 0 unspecified atom stereocenters. The third-order valence-electron chi connectivity index (χ3n) is 2.84. The third kappa shape index (κ3) is 3.53. The Morgan fingerprint density at radius 3 is 2.82 bits per heavy atom. The minimum atomic E-state index is -0.157. The molecule has 3 rings (SSSR count). The lowest BCUT2D eigenvalue weighted by Gasteiger charge is -1.97. The number of amides is 1. The van der Waals surface area contributed by atoms with Gasteiger partial charge in [0.25, 0.3) is 0 Å². The van der Waals surface area contributed by atoms with Crippen molar-refractivity contribution in [1.29, 1.82) is 0 Å². The Morgan fingerprint density at radius 2 is 2.09 bits per heavy atom. The van der Waals surface area contributed by atoms with Crippen molar-refractivity contribution in [2.24, 2.45) is 0 Å². The van der Waals surface area contributed by atoms with Crippen LogP contribution >= 0.6 is 11.3 Å². The standard InChI is InChI=1S/C14H13N5O2S/c1-9-17-18-14(22-9)15-11(20)7-8-12-16-13(19-21-12)10-5-3-2-4-6-10/h2-6H,7-8H2,1H3,(H,15,18,20). The van der Waals surface area contributed by atoms with Gasteiger partial charge in [0.15, 0.2) is 0 Å². The molecule has 8 heteroatoms. The molecule has 0 saturated carbocycles. The van der Waals surface area contributed by atoms with Crippen LogP contribution in [0.4, 0.5) is 5.13 Å². The van der Waals surface area contributed by atoms with Crippen LogP contribution in [0.2, 0.25) is 0 Å². The van der Waals surface area contributed by atoms with Crippen molar-refractivity contribution < 1.29 is 9.32 Å². The zero-order valence-corrected chi connectivity index (χ0v) is 12.6. The summed E-state index contributed by atoms with van der Waals surface area (Å²) >= 11 is 1.33. The molecule has 1 aromatic carbocycles. The lowest BCUT2D eigenvalue weighted by Crippen LogP contribution is -2.12. The van der Waals surface area contributed by atoms with Gasteiger partial charge in [-0.05, 0) is 6.92 Å². The fourth-order valence-electron chi connectivity index (χ4n) is 1.81. The van der Waals surface area contributed by atoms with E-state index in [0.29, 0.717) is 23.3 Å². The van der Waals surface area contributed by atoms with Crippen LogP contribution in [0.3, 0.4) is 0 Å². The van der Waals surface area contributed by atoms with Gasteiger partial charge in [-0.15, -0.1) is 10.2 Å². The summed E-state index contributed by atoms with van der Waals surface area (Å²) in [5.74, 6) is 0.800. The Morgan fingerprint density at radius 1 is 1.27 bits per heavy atom. The topological polar surface area (TPSA) is 93.8 Å². The average molecular weight is 315 g/mol. The van der Waals surface area contributed by atoms with E-state index in [1.54, 1.807) is 0 Å². The molecule has 0 saturated heterocycles. The molecule has 0 atom stereocenters. The Balaban J connectivity index is 1.56. The van der Waals surface area contributed by atoms with E-state index >= 15 is 0 Å². The van der Waals surface area contributed by atoms with E-state index in [2.05, 4.69) is 25.7 Å².